The Bertz CT molecular complexity index is 1060. The molecule has 0 fully saturated rings. The van der Waals surface area contributed by atoms with Crippen LogP contribution < -0.4 is 4.74 Å². The normalized spacial score (nSPS) is 12.5. The van der Waals surface area contributed by atoms with E-state index in [1.807, 2.05) is 31.2 Å². The summed E-state index contributed by atoms with van der Waals surface area (Å²) in [6.07, 6.45) is 1.43. The molecule has 0 spiro atoms. The minimum Gasteiger partial charge on any atom is -0.496 e. The third kappa shape index (κ3) is 5.29. The summed E-state index contributed by atoms with van der Waals surface area (Å²) >= 11 is 0. The van der Waals surface area contributed by atoms with E-state index in [9.17, 15) is 8.42 Å². The summed E-state index contributed by atoms with van der Waals surface area (Å²) in [5.74, 6) is 0.753. The molecule has 0 radical (unpaired) electrons. The molecule has 0 saturated heterocycles. The van der Waals surface area contributed by atoms with Crippen molar-refractivity contribution in [2.45, 2.75) is 37.5 Å². The zero-order chi connectivity index (χ0) is 21.6. The summed E-state index contributed by atoms with van der Waals surface area (Å²) in [6, 6.07) is 22.9. The van der Waals surface area contributed by atoms with Gasteiger partial charge >= 0.3 is 0 Å². The first kappa shape index (κ1) is 22.1. The molecule has 5 heteroatoms. The molecule has 4 nitrogen and oxygen atoms in total. The van der Waals surface area contributed by atoms with Gasteiger partial charge in [-0.25, -0.2) is 0 Å². The van der Waals surface area contributed by atoms with Crippen LogP contribution in [0.25, 0.3) is 0 Å². The predicted molar refractivity (Wildman–Crippen MR) is 120 cm³/mol. The van der Waals surface area contributed by atoms with Gasteiger partial charge in [0.15, 0.2) is 0 Å². The van der Waals surface area contributed by atoms with Crippen LogP contribution in [0.3, 0.4) is 0 Å². The molecule has 1 atom stereocenters. The van der Waals surface area contributed by atoms with Gasteiger partial charge in [-0.15, -0.1) is 0 Å². The molecule has 3 aromatic rings. The van der Waals surface area contributed by atoms with Crippen LogP contribution >= 0.6 is 0 Å². The average molecular weight is 425 g/mol. The van der Waals surface area contributed by atoms with Crippen LogP contribution in [0.15, 0.2) is 77.7 Å². The molecule has 0 aromatic heterocycles. The maximum absolute atomic E-state index is 12.6. The lowest BCUT2D eigenvalue weighted by molar-refractivity contribution is 0.304. The van der Waals surface area contributed by atoms with E-state index in [-0.39, 0.29) is 17.4 Å². The molecule has 0 saturated carbocycles. The van der Waals surface area contributed by atoms with Crippen molar-refractivity contribution in [3.05, 3.63) is 95.1 Å². The first-order chi connectivity index (χ1) is 14.4. The second kappa shape index (κ2) is 9.92. The molecule has 30 heavy (non-hydrogen) atoms. The van der Waals surface area contributed by atoms with Crippen molar-refractivity contribution in [2.24, 2.45) is 0 Å². The predicted octanol–water partition coefficient (Wildman–Crippen LogP) is 5.49. The van der Waals surface area contributed by atoms with Crippen LogP contribution in [0.5, 0.6) is 5.75 Å². The van der Waals surface area contributed by atoms with E-state index in [1.165, 1.54) is 5.56 Å². The first-order valence-electron chi connectivity index (χ1n) is 10.1. The molecule has 158 valence electrons. The fourth-order valence-corrected chi connectivity index (χ4v) is 4.43. The molecule has 0 N–H and O–H groups in total. The maximum Gasteiger partial charge on any atom is 0.296 e. The van der Waals surface area contributed by atoms with Gasteiger partial charge in [0.2, 0.25) is 0 Å². The highest BCUT2D eigenvalue weighted by Gasteiger charge is 2.21. The number of aryl methyl sites for hydroxylation is 2. The Labute approximate surface area is 179 Å². The van der Waals surface area contributed by atoms with Gasteiger partial charge in [0.05, 0.1) is 18.6 Å². The molecular weight excluding hydrogens is 396 g/mol. The summed E-state index contributed by atoms with van der Waals surface area (Å²) in [7, 11) is -2.14. The van der Waals surface area contributed by atoms with E-state index in [0.717, 1.165) is 28.9 Å². The van der Waals surface area contributed by atoms with Crippen LogP contribution in [-0.2, 0) is 20.7 Å². The van der Waals surface area contributed by atoms with E-state index in [1.54, 1.807) is 31.4 Å². The van der Waals surface area contributed by atoms with Crippen molar-refractivity contribution in [1.82, 2.24) is 0 Å². The van der Waals surface area contributed by atoms with Gasteiger partial charge in [0, 0.05) is 11.5 Å². The third-order valence-electron chi connectivity index (χ3n) is 5.23. The smallest absolute Gasteiger partial charge is 0.296 e. The summed E-state index contributed by atoms with van der Waals surface area (Å²) in [5, 5.41) is 0. The second-order valence-corrected chi connectivity index (χ2v) is 8.89. The lowest BCUT2D eigenvalue weighted by Crippen LogP contribution is -2.12. The maximum atomic E-state index is 12.6. The number of benzene rings is 3. The van der Waals surface area contributed by atoms with Crippen molar-refractivity contribution >= 4 is 10.1 Å². The quantitative estimate of drug-likeness (QED) is 0.426. The van der Waals surface area contributed by atoms with Crippen molar-refractivity contribution in [3.8, 4) is 5.75 Å². The van der Waals surface area contributed by atoms with Crippen LogP contribution in [-0.4, -0.2) is 22.1 Å². The molecule has 0 aliphatic heterocycles. The Kier molecular flexibility index (Phi) is 7.29. The monoisotopic (exact) mass is 424 g/mol. The van der Waals surface area contributed by atoms with Gasteiger partial charge in [-0.2, -0.15) is 8.42 Å². The Balaban J connectivity index is 1.85. The van der Waals surface area contributed by atoms with E-state index in [0.29, 0.717) is 6.42 Å². The zero-order valence-electron chi connectivity index (χ0n) is 17.7. The van der Waals surface area contributed by atoms with Crippen LogP contribution in [0.1, 0.15) is 41.5 Å². The van der Waals surface area contributed by atoms with Gasteiger partial charge in [0.1, 0.15) is 5.75 Å². The molecular formula is C25H28O4S. The van der Waals surface area contributed by atoms with Gasteiger partial charge in [0.25, 0.3) is 10.1 Å². The minimum atomic E-state index is -3.80. The number of hydrogen-bond acceptors (Lipinski definition) is 4. The van der Waals surface area contributed by atoms with Crippen LogP contribution in [0.4, 0.5) is 0 Å². The summed E-state index contributed by atoms with van der Waals surface area (Å²) < 4.78 is 36.2. The highest BCUT2D eigenvalue weighted by molar-refractivity contribution is 7.86. The molecule has 0 aliphatic carbocycles. The average Bonchev–Trinajstić information content (AvgIpc) is 2.77. The third-order valence-corrected chi connectivity index (χ3v) is 6.56. The standard InChI is InChI=1S/C25H28O4S/c1-4-20-12-15-25(28-3)24(18-20)23(21-8-6-5-7-9-21)16-17-29-30(26,27)22-13-10-19(2)11-14-22/h5-15,18,23H,4,16-17H2,1-3H3/t23-/m0/s1. The van der Waals surface area contributed by atoms with Gasteiger partial charge in [-0.05, 0) is 49.1 Å². The van der Waals surface area contributed by atoms with Crippen molar-refractivity contribution < 1.29 is 17.3 Å². The fourth-order valence-electron chi connectivity index (χ4n) is 3.51. The number of methoxy groups -OCH3 is 1. The first-order valence-corrected chi connectivity index (χ1v) is 11.5. The largest absolute Gasteiger partial charge is 0.496 e. The Morgan fingerprint density at radius 1 is 0.933 bits per heavy atom. The summed E-state index contributed by atoms with van der Waals surface area (Å²) in [6.45, 7) is 4.11. The number of hydrogen-bond donors (Lipinski definition) is 0. The minimum absolute atomic E-state index is 0.0409. The number of ether oxygens (including phenoxy) is 1. The van der Waals surface area contributed by atoms with Gasteiger partial charge in [-0.1, -0.05) is 67.1 Å². The fraction of sp³-hybridized carbons (Fsp3) is 0.280. The summed E-state index contributed by atoms with van der Waals surface area (Å²) in [4.78, 5) is 0.176. The highest BCUT2D eigenvalue weighted by Crippen LogP contribution is 2.35. The van der Waals surface area contributed by atoms with Crippen molar-refractivity contribution in [3.63, 3.8) is 0 Å². The number of rotatable bonds is 9. The van der Waals surface area contributed by atoms with Crippen LogP contribution in [0.2, 0.25) is 0 Å². The Morgan fingerprint density at radius 2 is 1.63 bits per heavy atom. The van der Waals surface area contributed by atoms with Gasteiger partial charge in [-0.3, -0.25) is 4.18 Å². The molecule has 0 unspecified atom stereocenters. The molecule has 0 amide bonds. The Hall–Kier alpha value is -2.63. The van der Waals surface area contributed by atoms with E-state index in [2.05, 4.69) is 31.2 Å². The highest BCUT2D eigenvalue weighted by atomic mass is 32.2. The molecule has 3 rings (SSSR count). The second-order valence-electron chi connectivity index (χ2n) is 7.27. The molecule has 0 bridgehead atoms. The zero-order valence-corrected chi connectivity index (χ0v) is 18.5. The van der Waals surface area contributed by atoms with Crippen molar-refractivity contribution in [2.75, 3.05) is 13.7 Å². The molecule has 0 aliphatic rings. The summed E-state index contributed by atoms with van der Waals surface area (Å²) in [5.41, 5.74) is 4.35. The van der Waals surface area contributed by atoms with E-state index in [4.69, 9.17) is 8.92 Å². The lowest BCUT2D eigenvalue weighted by atomic mass is 9.87. The van der Waals surface area contributed by atoms with E-state index < -0.39 is 10.1 Å². The SMILES string of the molecule is CCc1ccc(OC)c([C@@H](CCOS(=O)(=O)c2ccc(C)cc2)c2ccccc2)c1. The van der Waals surface area contributed by atoms with E-state index >= 15 is 0 Å². The van der Waals surface area contributed by atoms with Crippen LogP contribution in [0, 0.1) is 6.92 Å². The Morgan fingerprint density at radius 3 is 2.27 bits per heavy atom. The van der Waals surface area contributed by atoms with Gasteiger partial charge < -0.3 is 4.74 Å². The topological polar surface area (TPSA) is 52.6 Å². The lowest BCUT2D eigenvalue weighted by Gasteiger charge is -2.21. The molecule has 3 aromatic carbocycles. The van der Waals surface area contributed by atoms with Crippen molar-refractivity contribution in [1.29, 1.82) is 0 Å². The molecule has 0 heterocycles.